The van der Waals surface area contributed by atoms with Gasteiger partial charge in [-0.1, -0.05) is 79.9 Å². The van der Waals surface area contributed by atoms with Crippen molar-refractivity contribution in [3.05, 3.63) is 71.8 Å². The Hall–Kier alpha value is -1.60. The monoisotopic (exact) mass is 373 g/mol. The van der Waals surface area contributed by atoms with E-state index < -0.39 is 0 Å². The zero-order chi connectivity index (χ0) is 18.8. The third-order valence-electron chi connectivity index (χ3n) is 8.21. The van der Waals surface area contributed by atoms with Crippen molar-refractivity contribution >= 4 is 0 Å². The van der Waals surface area contributed by atoms with E-state index in [9.17, 15) is 0 Å². The number of piperidine rings is 3. The molecular weight excluding hydrogens is 338 g/mol. The van der Waals surface area contributed by atoms with Crippen LogP contribution in [0.1, 0.15) is 68.9 Å². The van der Waals surface area contributed by atoms with E-state index >= 15 is 0 Å². The van der Waals surface area contributed by atoms with Crippen LogP contribution >= 0.6 is 0 Å². The summed E-state index contributed by atoms with van der Waals surface area (Å²) in [6, 6.07) is 23.9. The summed E-state index contributed by atoms with van der Waals surface area (Å²) >= 11 is 0. The van der Waals surface area contributed by atoms with E-state index in [1.54, 1.807) is 11.1 Å². The van der Waals surface area contributed by atoms with Gasteiger partial charge in [-0.15, -0.1) is 0 Å². The van der Waals surface area contributed by atoms with Gasteiger partial charge in [0, 0.05) is 11.5 Å². The second-order valence-corrected chi connectivity index (χ2v) is 9.61. The highest BCUT2D eigenvalue weighted by Crippen LogP contribution is 2.51. The normalized spacial score (nSPS) is 28.4. The van der Waals surface area contributed by atoms with Gasteiger partial charge in [-0.3, -0.25) is 0 Å². The quantitative estimate of drug-likeness (QED) is 0.584. The molecule has 1 nitrogen and oxygen atoms in total. The van der Waals surface area contributed by atoms with Crippen molar-refractivity contribution in [3.63, 3.8) is 0 Å². The Morgan fingerprint density at radius 2 is 1.29 bits per heavy atom. The Labute approximate surface area is 171 Å². The van der Waals surface area contributed by atoms with Gasteiger partial charge in [-0.25, -0.2) is 0 Å². The van der Waals surface area contributed by atoms with Crippen LogP contribution in [0.3, 0.4) is 0 Å². The molecule has 4 aliphatic rings. The van der Waals surface area contributed by atoms with Gasteiger partial charge in [0.25, 0.3) is 0 Å². The number of hydrogen-bond donors (Lipinski definition) is 0. The molecule has 0 amide bonds. The number of hydrogen-bond acceptors (Lipinski definition) is 1. The highest BCUT2D eigenvalue weighted by molar-refractivity contribution is 5.41. The maximum absolute atomic E-state index is 2.84. The second kappa shape index (κ2) is 8.03. The van der Waals surface area contributed by atoms with E-state index in [0.29, 0.717) is 0 Å². The summed E-state index contributed by atoms with van der Waals surface area (Å²) in [7, 11) is 0. The zero-order valence-electron chi connectivity index (χ0n) is 17.2. The predicted molar refractivity (Wildman–Crippen MR) is 118 cm³/mol. The molecule has 1 unspecified atom stereocenters. The highest BCUT2D eigenvalue weighted by Gasteiger charge is 2.46. The maximum Gasteiger partial charge on any atom is 0.0245 e. The molecule has 1 saturated carbocycles. The lowest BCUT2D eigenvalue weighted by Crippen LogP contribution is -2.52. The number of nitrogens with zero attached hydrogens (tertiary/aromatic N) is 1. The van der Waals surface area contributed by atoms with Gasteiger partial charge >= 0.3 is 0 Å². The highest BCUT2D eigenvalue weighted by atomic mass is 15.2. The minimum Gasteiger partial charge on any atom is -0.300 e. The van der Waals surface area contributed by atoms with E-state index in [1.807, 2.05) is 0 Å². The lowest BCUT2D eigenvalue weighted by atomic mass is 9.58. The van der Waals surface area contributed by atoms with Crippen molar-refractivity contribution in [2.24, 2.45) is 11.8 Å². The summed E-state index contributed by atoms with van der Waals surface area (Å²) in [5.74, 6) is 1.75. The van der Waals surface area contributed by atoms with Gasteiger partial charge in [-0.2, -0.15) is 0 Å². The van der Waals surface area contributed by atoms with Crippen molar-refractivity contribution in [2.75, 3.05) is 13.1 Å². The second-order valence-electron chi connectivity index (χ2n) is 9.61. The molecule has 1 heteroatoms. The Balaban J connectivity index is 1.61. The zero-order valence-corrected chi connectivity index (χ0v) is 17.2. The Kier molecular flexibility index (Phi) is 5.28. The van der Waals surface area contributed by atoms with Crippen LogP contribution in [-0.2, 0) is 5.41 Å². The van der Waals surface area contributed by atoms with Crippen LogP contribution in [-0.4, -0.2) is 24.0 Å². The minimum absolute atomic E-state index is 0.172. The topological polar surface area (TPSA) is 3.24 Å². The van der Waals surface area contributed by atoms with Crippen LogP contribution in [0.4, 0.5) is 0 Å². The van der Waals surface area contributed by atoms with Crippen molar-refractivity contribution in [1.29, 1.82) is 0 Å². The number of benzene rings is 2. The number of fused-ring (bicyclic) bond motifs is 3. The van der Waals surface area contributed by atoms with Crippen LogP contribution in [0.25, 0.3) is 0 Å². The standard InChI is InChI=1S/C27H35N/c1-4-10-23(11-5-1)27(24-12-6-2-7-13-24,25-14-8-3-9-15-25)21-26-20-22-16-18-28(26)19-17-22/h1-2,4-7,10-13,22,25-26H,3,8-9,14-21H2. The molecule has 1 aliphatic carbocycles. The molecule has 0 spiro atoms. The van der Waals surface area contributed by atoms with Gasteiger partial charge in [0.05, 0.1) is 0 Å². The summed E-state index contributed by atoms with van der Waals surface area (Å²) < 4.78 is 0. The Bertz CT molecular complexity index is 699. The van der Waals surface area contributed by atoms with Crippen molar-refractivity contribution in [1.82, 2.24) is 4.90 Å². The van der Waals surface area contributed by atoms with Crippen LogP contribution in [0.2, 0.25) is 0 Å². The summed E-state index contributed by atoms with van der Waals surface area (Å²) in [6.07, 6.45) is 12.6. The largest absolute Gasteiger partial charge is 0.300 e. The first kappa shape index (κ1) is 18.4. The van der Waals surface area contributed by atoms with Gasteiger partial charge < -0.3 is 4.90 Å². The molecule has 3 saturated heterocycles. The summed E-state index contributed by atoms with van der Waals surface area (Å²) in [5.41, 5.74) is 3.30. The van der Waals surface area contributed by atoms with E-state index in [4.69, 9.17) is 0 Å². The third-order valence-corrected chi connectivity index (χ3v) is 8.21. The molecule has 3 aliphatic heterocycles. The average Bonchev–Trinajstić information content (AvgIpc) is 2.80. The van der Waals surface area contributed by atoms with Crippen LogP contribution in [0.5, 0.6) is 0 Å². The molecule has 4 fully saturated rings. The van der Waals surface area contributed by atoms with Crippen LogP contribution < -0.4 is 0 Å². The van der Waals surface area contributed by atoms with Crippen molar-refractivity contribution < 1.29 is 0 Å². The molecule has 148 valence electrons. The third kappa shape index (κ3) is 3.32. The van der Waals surface area contributed by atoms with Gasteiger partial charge in [0.1, 0.15) is 0 Å². The predicted octanol–water partition coefficient (Wildman–Crippen LogP) is 6.43. The molecular formula is C27H35N. The fraction of sp³-hybridized carbons (Fsp3) is 0.556. The lowest BCUT2D eigenvalue weighted by molar-refractivity contribution is 0.0263. The molecule has 2 bridgehead atoms. The van der Waals surface area contributed by atoms with Crippen molar-refractivity contribution in [2.45, 2.75) is 69.2 Å². The smallest absolute Gasteiger partial charge is 0.0245 e. The Morgan fingerprint density at radius 3 is 1.79 bits per heavy atom. The lowest BCUT2D eigenvalue weighted by Gasteiger charge is -2.52. The molecule has 2 aromatic carbocycles. The van der Waals surface area contributed by atoms with E-state index in [0.717, 1.165) is 17.9 Å². The molecule has 0 radical (unpaired) electrons. The van der Waals surface area contributed by atoms with Crippen LogP contribution in [0.15, 0.2) is 60.7 Å². The first-order valence-electron chi connectivity index (χ1n) is 11.7. The molecule has 6 rings (SSSR count). The first-order chi connectivity index (χ1) is 13.9. The van der Waals surface area contributed by atoms with E-state index in [-0.39, 0.29) is 5.41 Å². The summed E-state index contributed by atoms with van der Waals surface area (Å²) in [5, 5.41) is 0. The molecule has 28 heavy (non-hydrogen) atoms. The molecule has 0 aromatic heterocycles. The molecule has 1 atom stereocenters. The van der Waals surface area contributed by atoms with Gasteiger partial charge in [0.2, 0.25) is 0 Å². The molecule has 2 aromatic rings. The van der Waals surface area contributed by atoms with Crippen LogP contribution in [0, 0.1) is 11.8 Å². The fourth-order valence-electron chi connectivity index (χ4n) is 6.78. The van der Waals surface area contributed by atoms with Crippen molar-refractivity contribution in [3.8, 4) is 0 Å². The van der Waals surface area contributed by atoms with E-state index in [2.05, 4.69) is 65.6 Å². The SMILES string of the molecule is c1ccc(C(CC2CC3CCN2CC3)(c2ccccc2)C2CCCCC2)cc1. The average molecular weight is 374 g/mol. The van der Waals surface area contributed by atoms with E-state index in [1.165, 1.54) is 70.9 Å². The molecule has 0 N–H and O–H groups in total. The molecule has 3 heterocycles. The fourth-order valence-corrected chi connectivity index (χ4v) is 6.78. The maximum atomic E-state index is 2.84. The summed E-state index contributed by atoms with van der Waals surface area (Å²) in [6.45, 7) is 2.67. The number of rotatable bonds is 5. The minimum atomic E-state index is 0.172. The Morgan fingerprint density at radius 1 is 0.714 bits per heavy atom. The summed E-state index contributed by atoms with van der Waals surface area (Å²) in [4.78, 5) is 2.84. The first-order valence-corrected chi connectivity index (χ1v) is 11.7. The van der Waals surface area contributed by atoms with Gasteiger partial charge in [0.15, 0.2) is 0 Å². The van der Waals surface area contributed by atoms with Gasteiger partial charge in [-0.05, 0) is 74.6 Å².